The molecule has 0 aliphatic carbocycles. The Balaban J connectivity index is 2.37. The number of guanidine groups is 1. The summed E-state index contributed by atoms with van der Waals surface area (Å²) < 4.78 is 7.10. The summed E-state index contributed by atoms with van der Waals surface area (Å²) in [5, 5.41) is 6.51. The monoisotopic (exact) mass is 238 g/mol. The molecular formula is C12H22N4O. The summed E-state index contributed by atoms with van der Waals surface area (Å²) in [5.41, 5.74) is 1.23. The Labute approximate surface area is 103 Å². The molecule has 0 fully saturated rings. The number of ether oxygens (including phenoxy) is 1. The summed E-state index contributed by atoms with van der Waals surface area (Å²) in [6.45, 7) is 3.48. The first-order valence-corrected chi connectivity index (χ1v) is 5.72. The maximum atomic E-state index is 5.07. The van der Waals surface area contributed by atoms with Gasteiger partial charge in [0.1, 0.15) is 0 Å². The van der Waals surface area contributed by atoms with Gasteiger partial charge in [-0.25, -0.2) is 0 Å². The molecule has 17 heavy (non-hydrogen) atoms. The number of hydrogen-bond donors (Lipinski definition) is 2. The Kier molecular flexibility index (Phi) is 5.56. The minimum Gasteiger partial charge on any atom is -0.383 e. The van der Waals surface area contributed by atoms with Crippen LogP contribution in [0.5, 0.6) is 0 Å². The van der Waals surface area contributed by atoms with Crippen molar-refractivity contribution in [2.75, 3.05) is 20.8 Å². The van der Waals surface area contributed by atoms with E-state index in [4.69, 9.17) is 4.74 Å². The molecule has 1 atom stereocenters. The third-order valence-electron chi connectivity index (χ3n) is 2.38. The van der Waals surface area contributed by atoms with Gasteiger partial charge in [0.25, 0.3) is 0 Å². The maximum Gasteiger partial charge on any atom is 0.191 e. The van der Waals surface area contributed by atoms with Crippen LogP contribution in [0.15, 0.2) is 23.5 Å². The number of aromatic nitrogens is 1. The van der Waals surface area contributed by atoms with Crippen molar-refractivity contribution in [1.29, 1.82) is 0 Å². The molecule has 1 heterocycles. The van der Waals surface area contributed by atoms with Crippen LogP contribution in [0.25, 0.3) is 0 Å². The van der Waals surface area contributed by atoms with Crippen molar-refractivity contribution in [3.8, 4) is 0 Å². The zero-order chi connectivity index (χ0) is 12.7. The smallest absolute Gasteiger partial charge is 0.191 e. The standard InChI is InChI=1S/C12H22N4O/c1-10(9-17-4)15-12(13-2)14-7-11-5-6-16(3)8-11/h5-6,8,10H,7,9H2,1-4H3,(H2,13,14,15). The van der Waals surface area contributed by atoms with E-state index in [-0.39, 0.29) is 6.04 Å². The van der Waals surface area contributed by atoms with E-state index in [2.05, 4.69) is 34.8 Å². The van der Waals surface area contributed by atoms with Crippen molar-refractivity contribution >= 4 is 5.96 Å². The Bertz CT molecular complexity index is 359. The van der Waals surface area contributed by atoms with Gasteiger partial charge in [0, 0.05) is 46.2 Å². The second kappa shape index (κ2) is 6.96. The zero-order valence-corrected chi connectivity index (χ0v) is 11.0. The van der Waals surface area contributed by atoms with Crippen LogP contribution in [-0.2, 0) is 18.3 Å². The molecule has 1 unspecified atom stereocenters. The van der Waals surface area contributed by atoms with Gasteiger partial charge in [-0.05, 0) is 18.6 Å². The third-order valence-corrected chi connectivity index (χ3v) is 2.38. The number of aryl methyl sites for hydroxylation is 1. The molecule has 0 amide bonds. The first-order chi connectivity index (χ1) is 8.15. The van der Waals surface area contributed by atoms with Crippen molar-refractivity contribution in [2.45, 2.75) is 19.5 Å². The molecule has 0 radical (unpaired) electrons. The Morgan fingerprint density at radius 1 is 1.59 bits per heavy atom. The minimum atomic E-state index is 0.238. The van der Waals surface area contributed by atoms with Crippen LogP contribution in [0, 0.1) is 0 Å². The Hall–Kier alpha value is -1.49. The van der Waals surface area contributed by atoms with E-state index in [1.54, 1.807) is 14.2 Å². The molecule has 0 saturated carbocycles. The Morgan fingerprint density at radius 3 is 2.88 bits per heavy atom. The molecule has 0 spiro atoms. The molecule has 1 aromatic heterocycles. The number of hydrogen-bond acceptors (Lipinski definition) is 2. The van der Waals surface area contributed by atoms with Crippen molar-refractivity contribution in [3.05, 3.63) is 24.0 Å². The van der Waals surface area contributed by atoms with Crippen LogP contribution in [0.4, 0.5) is 0 Å². The molecule has 0 aliphatic heterocycles. The molecular weight excluding hydrogens is 216 g/mol. The molecule has 96 valence electrons. The van der Waals surface area contributed by atoms with Gasteiger partial charge in [-0.2, -0.15) is 0 Å². The van der Waals surface area contributed by atoms with Gasteiger partial charge in [0.05, 0.1) is 6.61 Å². The van der Waals surface area contributed by atoms with Crippen molar-refractivity contribution in [2.24, 2.45) is 12.0 Å². The van der Waals surface area contributed by atoms with Crippen LogP contribution in [-0.4, -0.2) is 37.3 Å². The predicted octanol–water partition coefficient (Wildman–Crippen LogP) is 0.725. The number of methoxy groups -OCH3 is 1. The highest BCUT2D eigenvalue weighted by Crippen LogP contribution is 1.98. The molecule has 0 saturated heterocycles. The topological polar surface area (TPSA) is 50.6 Å². The van der Waals surface area contributed by atoms with E-state index in [9.17, 15) is 0 Å². The summed E-state index contributed by atoms with van der Waals surface area (Å²) >= 11 is 0. The van der Waals surface area contributed by atoms with Gasteiger partial charge >= 0.3 is 0 Å². The zero-order valence-electron chi connectivity index (χ0n) is 11.0. The van der Waals surface area contributed by atoms with Crippen LogP contribution in [0.1, 0.15) is 12.5 Å². The van der Waals surface area contributed by atoms with Crippen molar-refractivity contribution < 1.29 is 4.74 Å². The lowest BCUT2D eigenvalue weighted by molar-refractivity contribution is 0.179. The van der Waals surface area contributed by atoms with Crippen LogP contribution in [0.2, 0.25) is 0 Å². The SMILES string of the molecule is CN=C(NCc1ccn(C)c1)NC(C)COC. The lowest BCUT2D eigenvalue weighted by Gasteiger charge is -2.16. The number of nitrogens with one attached hydrogen (secondary N) is 2. The molecule has 2 N–H and O–H groups in total. The summed E-state index contributed by atoms with van der Waals surface area (Å²) in [7, 11) is 5.47. The first-order valence-electron chi connectivity index (χ1n) is 5.72. The number of nitrogens with zero attached hydrogens (tertiary/aromatic N) is 2. The second-order valence-electron chi connectivity index (χ2n) is 4.11. The van der Waals surface area contributed by atoms with E-state index in [0.29, 0.717) is 6.61 Å². The fourth-order valence-corrected chi connectivity index (χ4v) is 1.57. The fourth-order valence-electron chi connectivity index (χ4n) is 1.57. The normalized spacial score (nSPS) is 13.5. The average molecular weight is 238 g/mol. The lowest BCUT2D eigenvalue weighted by atomic mass is 10.3. The molecule has 5 heteroatoms. The summed E-state index contributed by atoms with van der Waals surface area (Å²) in [6.07, 6.45) is 4.11. The average Bonchev–Trinajstić information content (AvgIpc) is 2.70. The van der Waals surface area contributed by atoms with Gasteiger partial charge in [-0.1, -0.05) is 0 Å². The van der Waals surface area contributed by atoms with Gasteiger partial charge in [-0.3, -0.25) is 4.99 Å². The van der Waals surface area contributed by atoms with Gasteiger partial charge in [0.15, 0.2) is 5.96 Å². The van der Waals surface area contributed by atoms with Crippen molar-refractivity contribution in [3.63, 3.8) is 0 Å². The van der Waals surface area contributed by atoms with E-state index in [1.165, 1.54) is 5.56 Å². The Morgan fingerprint density at radius 2 is 2.35 bits per heavy atom. The fraction of sp³-hybridized carbons (Fsp3) is 0.583. The highest BCUT2D eigenvalue weighted by Gasteiger charge is 2.04. The lowest BCUT2D eigenvalue weighted by Crippen LogP contribution is -2.43. The minimum absolute atomic E-state index is 0.238. The number of rotatable bonds is 5. The van der Waals surface area contributed by atoms with Crippen LogP contribution >= 0.6 is 0 Å². The molecule has 5 nitrogen and oxygen atoms in total. The summed E-state index contributed by atoms with van der Waals surface area (Å²) in [6, 6.07) is 2.32. The highest BCUT2D eigenvalue weighted by atomic mass is 16.5. The third kappa shape index (κ3) is 4.91. The molecule has 1 rings (SSSR count). The van der Waals surface area contributed by atoms with E-state index >= 15 is 0 Å². The number of aliphatic imine (C=N–C) groups is 1. The largest absolute Gasteiger partial charge is 0.383 e. The summed E-state index contributed by atoms with van der Waals surface area (Å²) in [4.78, 5) is 4.16. The van der Waals surface area contributed by atoms with Crippen LogP contribution < -0.4 is 10.6 Å². The molecule has 0 bridgehead atoms. The van der Waals surface area contributed by atoms with E-state index < -0.39 is 0 Å². The second-order valence-corrected chi connectivity index (χ2v) is 4.11. The molecule has 0 aromatic carbocycles. The molecule has 1 aromatic rings. The van der Waals surface area contributed by atoms with Gasteiger partial charge < -0.3 is 19.9 Å². The maximum absolute atomic E-state index is 5.07. The summed E-state index contributed by atoms with van der Waals surface area (Å²) in [5.74, 6) is 0.790. The first kappa shape index (κ1) is 13.6. The van der Waals surface area contributed by atoms with Crippen molar-refractivity contribution in [1.82, 2.24) is 15.2 Å². The highest BCUT2D eigenvalue weighted by molar-refractivity contribution is 5.79. The van der Waals surface area contributed by atoms with Gasteiger partial charge in [-0.15, -0.1) is 0 Å². The predicted molar refractivity (Wildman–Crippen MR) is 70.1 cm³/mol. The van der Waals surface area contributed by atoms with Crippen LogP contribution in [0.3, 0.4) is 0 Å². The van der Waals surface area contributed by atoms with E-state index in [0.717, 1.165) is 12.5 Å². The van der Waals surface area contributed by atoms with E-state index in [1.807, 2.05) is 17.8 Å². The van der Waals surface area contributed by atoms with Gasteiger partial charge in [0.2, 0.25) is 0 Å². The molecule has 0 aliphatic rings. The quantitative estimate of drug-likeness (QED) is 0.587.